The lowest BCUT2D eigenvalue weighted by Gasteiger charge is -2.14. The molecule has 1 amide bonds. The minimum Gasteiger partial charge on any atom is -0.374 e. The minimum atomic E-state index is -0.304. The molecule has 0 aliphatic heterocycles. The van der Waals surface area contributed by atoms with Gasteiger partial charge < -0.3 is 11.1 Å². The summed E-state index contributed by atoms with van der Waals surface area (Å²) in [5.41, 5.74) is 8.41. The van der Waals surface area contributed by atoms with Gasteiger partial charge in [-0.2, -0.15) is 0 Å². The summed E-state index contributed by atoms with van der Waals surface area (Å²) in [5.74, 6) is -0.0860. The number of hydrogen-bond donors (Lipinski definition) is 2. The number of thioether (sulfide) groups is 1. The average molecular weight is 356 g/mol. The van der Waals surface area contributed by atoms with E-state index in [1.54, 1.807) is 0 Å². The molecule has 0 fully saturated rings. The quantitative estimate of drug-likeness (QED) is 0.678. The molecule has 0 bridgehead atoms. The van der Waals surface area contributed by atoms with E-state index in [0.29, 0.717) is 9.47 Å². The molecule has 3 aromatic rings. The Balaban J connectivity index is 1.75. The summed E-state index contributed by atoms with van der Waals surface area (Å²) < 4.78 is 0.687. The van der Waals surface area contributed by atoms with E-state index in [1.165, 1.54) is 23.1 Å². The maximum Gasteiger partial charge on any atom is 0.237 e. The number of anilines is 2. The van der Waals surface area contributed by atoms with Gasteiger partial charge in [-0.15, -0.1) is 10.2 Å². The Morgan fingerprint density at radius 2 is 1.83 bits per heavy atom. The molecule has 1 heterocycles. The van der Waals surface area contributed by atoms with Crippen molar-refractivity contribution in [2.24, 2.45) is 0 Å². The van der Waals surface area contributed by atoms with E-state index in [0.717, 1.165) is 16.8 Å². The third-order valence-electron chi connectivity index (χ3n) is 3.34. The van der Waals surface area contributed by atoms with Crippen LogP contribution in [0.1, 0.15) is 6.92 Å². The van der Waals surface area contributed by atoms with E-state index >= 15 is 0 Å². The van der Waals surface area contributed by atoms with Crippen LogP contribution in [-0.4, -0.2) is 21.4 Å². The molecule has 5 nitrogen and oxygen atoms in total. The van der Waals surface area contributed by atoms with Crippen molar-refractivity contribution in [2.45, 2.75) is 16.5 Å². The second-order valence-corrected chi connectivity index (χ2v) is 7.66. The van der Waals surface area contributed by atoms with Gasteiger partial charge in [0.05, 0.1) is 5.25 Å². The predicted molar refractivity (Wildman–Crippen MR) is 100 cm³/mol. The van der Waals surface area contributed by atoms with Crippen molar-refractivity contribution in [1.29, 1.82) is 0 Å². The zero-order valence-electron chi connectivity index (χ0n) is 13.0. The number of benzene rings is 2. The lowest BCUT2D eigenvalue weighted by Crippen LogP contribution is -2.22. The van der Waals surface area contributed by atoms with Crippen LogP contribution >= 0.6 is 23.1 Å². The molecule has 0 aliphatic rings. The van der Waals surface area contributed by atoms with Crippen molar-refractivity contribution in [3.63, 3.8) is 0 Å². The molecule has 0 saturated heterocycles. The van der Waals surface area contributed by atoms with E-state index in [2.05, 4.69) is 15.5 Å². The van der Waals surface area contributed by atoms with E-state index in [-0.39, 0.29) is 11.2 Å². The van der Waals surface area contributed by atoms with Crippen molar-refractivity contribution >= 4 is 39.8 Å². The van der Waals surface area contributed by atoms with Gasteiger partial charge in [0.15, 0.2) is 4.34 Å². The molecule has 24 heavy (non-hydrogen) atoms. The Kier molecular flexibility index (Phi) is 5.12. The fourth-order valence-corrected chi connectivity index (χ4v) is 3.95. The zero-order valence-corrected chi connectivity index (χ0v) is 14.6. The van der Waals surface area contributed by atoms with Crippen LogP contribution in [0.4, 0.5) is 10.8 Å². The molecule has 1 atom stereocenters. The third-order valence-corrected chi connectivity index (χ3v) is 5.28. The molecule has 0 unspecified atom stereocenters. The number of para-hydroxylation sites is 1. The second kappa shape index (κ2) is 7.46. The van der Waals surface area contributed by atoms with Crippen LogP contribution in [0.5, 0.6) is 0 Å². The Labute approximate surface area is 148 Å². The molecular formula is C17H16N4OS2. The van der Waals surface area contributed by atoms with E-state index in [4.69, 9.17) is 5.73 Å². The van der Waals surface area contributed by atoms with Crippen LogP contribution < -0.4 is 11.1 Å². The zero-order chi connectivity index (χ0) is 16.9. The van der Waals surface area contributed by atoms with Gasteiger partial charge in [0, 0.05) is 11.3 Å². The van der Waals surface area contributed by atoms with Gasteiger partial charge in [-0.1, -0.05) is 71.6 Å². The van der Waals surface area contributed by atoms with Gasteiger partial charge in [0.1, 0.15) is 0 Å². The molecule has 3 rings (SSSR count). The number of amides is 1. The van der Waals surface area contributed by atoms with E-state index < -0.39 is 0 Å². The Morgan fingerprint density at radius 1 is 1.12 bits per heavy atom. The Morgan fingerprint density at radius 3 is 2.54 bits per heavy atom. The smallest absolute Gasteiger partial charge is 0.237 e. The molecule has 7 heteroatoms. The number of carbonyl (C=O) groups excluding carboxylic acids is 1. The highest BCUT2D eigenvalue weighted by atomic mass is 32.2. The Bertz CT molecular complexity index is 835. The normalized spacial score (nSPS) is 11.9. The number of nitrogens with two attached hydrogens (primary N) is 1. The number of nitrogens with one attached hydrogen (secondary N) is 1. The molecule has 2 aromatic carbocycles. The number of carbonyl (C=O) groups is 1. The first-order chi connectivity index (χ1) is 11.6. The first kappa shape index (κ1) is 16.5. The average Bonchev–Trinajstić information content (AvgIpc) is 3.01. The number of rotatable bonds is 5. The molecule has 122 valence electrons. The first-order valence-electron chi connectivity index (χ1n) is 7.34. The molecule has 1 aromatic heterocycles. The van der Waals surface area contributed by atoms with Crippen LogP contribution in [0.15, 0.2) is 58.9 Å². The standard InChI is InChI=1S/C17H16N4OS2/c1-11(23-17-21-20-16(18)24-17)15(22)19-14-10-6-5-9-13(14)12-7-3-2-4-8-12/h2-11H,1H3,(H2,18,20)(H,19,22)/t11-/m1/s1. The van der Waals surface area contributed by atoms with Crippen LogP contribution in [0.25, 0.3) is 11.1 Å². The summed E-state index contributed by atoms with van der Waals surface area (Å²) in [5, 5.41) is 10.8. The van der Waals surface area contributed by atoms with Crippen LogP contribution in [0.3, 0.4) is 0 Å². The second-order valence-electron chi connectivity index (χ2n) is 5.07. The SMILES string of the molecule is C[C@@H](Sc1nnc(N)s1)C(=O)Nc1ccccc1-c1ccccc1. The van der Waals surface area contributed by atoms with Crippen LogP contribution in [0.2, 0.25) is 0 Å². The fraction of sp³-hybridized carbons (Fsp3) is 0.118. The fourth-order valence-electron chi connectivity index (χ4n) is 2.17. The summed E-state index contributed by atoms with van der Waals surface area (Å²) >= 11 is 2.62. The van der Waals surface area contributed by atoms with Crippen molar-refractivity contribution in [1.82, 2.24) is 10.2 Å². The summed E-state index contributed by atoms with van der Waals surface area (Å²) in [6.07, 6.45) is 0. The minimum absolute atomic E-state index is 0.0860. The summed E-state index contributed by atoms with van der Waals surface area (Å²) in [6.45, 7) is 1.84. The van der Waals surface area contributed by atoms with E-state index in [9.17, 15) is 4.79 Å². The largest absolute Gasteiger partial charge is 0.374 e. The van der Waals surface area contributed by atoms with Crippen molar-refractivity contribution in [3.05, 3.63) is 54.6 Å². The number of nitrogen functional groups attached to an aromatic ring is 1. The number of hydrogen-bond acceptors (Lipinski definition) is 6. The van der Waals surface area contributed by atoms with Crippen LogP contribution in [0, 0.1) is 0 Å². The highest BCUT2D eigenvalue weighted by Gasteiger charge is 2.18. The first-order valence-corrected chi connectivity index (χ1v) is 9.04. The molecule has 0 aliphatic carbocycles. The number of aromatic nitrogens is 2. The lowest BCUT2D eigenvalue weighted by molar-refractivity contribution is -0.115. The molecule has 0 radical (unpaired) electrons. The van der Waals surface area contributed by atoms with Crippen LogP contribution in [-0.2, 0) is 4.79 Å². The molecular weight excluding hydrogens is 340 g/mol. The van der Waals surface area contributed by atoms with Gasteiger partial charge in [-0.05, 0) is 18.6 Å². The lowest BCUT2D eigenvalue weighted by atomic mass is 10.0. The van der Waals surface area contributed by atoms with Gasteiger partial charge in [-0.25, -0.2) is 0 Å². The highest BCUT2D eigenvalue weighted by Crippen LogP contribution is 2.30. The van der Waals surface area contributed by atoms with Gasteiger partial charge in [-0.3, -0.25) is 4.79 Å². The molecule has 0 spiro atoms. The van der Waals surface area contributed by atoms with Crippen molar-refractivity contribution < 1.29 is 4.79 Å². The molecule has 3 N–H and O–H groups in total. The summed E-state index contributed by atoms with van der Waals surface area (Å²) in [4.78, 5) is 12.5. The maximum atomic E-state index is 12.5. The van der Waals surface area contributed by atoms with E-state index in [1.807, 2.05) is 61.5 Å². The topological polar surface area (TPSA) is 80.9 Å². The monoisotopic (exact) mass is 356 g/mol. The van der Waals surface area contributed by atoms with Gasteiger partial charge >= 0.3 is 0 Å². The van der Waals surface area contributed by atoms with Crippen molar-refractivity contribution in [3.8, 4) is 11.1 Å². The van der Waals surface area contributed by atoms with Crippen molar-refractivity contribution in [2.75, 3.05) is 11.1 Å². The maximum absolute atomic E-state index is 12.5. The van der Waals surface area contributed by atoms with Gasteiger partial charge in [0.25, 0.3) is 0 Å². The number of nitrogens with zero attached hydrogens (tertiary/aromatic N) is 2. The predicted octanol–water partition coefficient (Wildman–Crippen LogP) is 3.91. The third kappa shape index (κ3) is 3.93. The summed E-state index contributed by atoms with van der Waals surface area (Å²) in [7, 11) is 0. The van der Waals surface area contributed by atoms with Gasteiger partial charge in [0.2, 0.25) is 11.0 Å². The summed E-state index contributed by atoms with van der Waals surface area (Å²) in [6, 6.07) is 17.7. The highest BCUT2D eigenvalue weighted by molar-refractivity contribution is 8.02. The Hall–Kier alpha value is -2.38. The molecule has 0 saturated carbocycles.